The topological polar surface area (TPSA) is 43.4 Å². The van der Waals surface area contributed by atoms with Crippen molar-refractivity contribution in [2.45, 2.75) is 6.42 Å². The van der Waals surface area contributed by atoms with E-state index < -0.39 is 5.97 Å². The SMILES string of the molecule is COC(=O)c1cc(CC(=O)CBr)ccc1Br. The Hall–Kier alpha value is -0.680. The van der Waals surface area contributed by atoms with E-state index in [1.54, 1.807) is 18.2 Å². The summed E-state index contributed by atoms with van der Waals surface area (Å²) in [7, 11) is 1.32. The molecule has 0 aromatic heterocycles. The summed E-state index contributed by atoms with van der Waals surface area (Å²) in [5.74, 6) is -0.349. The Kier molecular flexibility index (Phi) is 5.15. The van der Waals surface area contributed by atoms with Crippen LogP contribution in [-0.2, 0) is 16.0 Å². The first-order valence-corrected chi connectivity index (χ1v) is 6.44. The van der Waals surface area contributed by atoms with Crippen molar-refractivity contribution < 1.29 is 14.3 Å². The van der Waals surface area contributed by atoms with Gasteiger partial charge in [-0.25, -0.2) is 4.79 Å². The summed E-state index contributed by atoms with van der Waals surface area (Å²) in [5, 5.41) is 0.316. The molecule has 86 valence electrons. The van der Waals surface area contributed by atoms with Crippen LogP contribution in [0.4, 0.5) is 0 Å². The maximum atomic E-state index is 11.4. The molecular formula is C11H10Br2O3. The van der Waals surface area contributed by atoms with Gasteiger partial charge in [-0.1, -0.05) is 22.0 Å². The predicted molar refractivity (Wildman–Crippen MR) is 68.0 cm³/mol. The third-order valence-corrected chi connectivity index (χ3v) is 3.30. The summed E-state index contributed by atoms with van der Waals surface area (Å²) in [4.78, 5) is 22.6. The molecule has 0 aliphatic heterocycles. The van der Waals surface area contributed by atoms with E-state index >= 15 is 0 Å². The highest BCUT2D eigenvalue weighted by Gasteiger charge is 2.12. The van der Waals surface area contributed by atoms with Crippen LogP contribution in [0.1, 0.15) is 15.9 Å². The molecule has 0 amide bonds. The van der Waals surface area contributed by atoms with Gasteiger partial charge in [0.1, 0.15) is 5.78 Å². The number of Topliss-reactive ketones (excluding diaryl/α,β-unsaturated/α-hetero) is 1. The van der Waals surface area contributed by atoms with E-state index in [0.29, 0.717) is 21.8 Å². The number of rotatable bonds is 4. The highest BCUT2D eigenvalue weighted by molar-refractivity contribution is 9.10. The van der Waals surface area contributed by atoms with Crippen molar-refractivity contribution in [2.24, 2.45) is 0 Å². The lowest BCUT2D eigenvalue weighted by Gasteiger charge is -2.05. The van der Waals surface area contributed by atoms with Gasteiger partial charge in [0.2, 0.25) is 0 Å². The van der Waals surface area contributed by atoms with Gasteiger partial charge in [-0.05, 0) is 33.6 Å². The Morgan fingerprint density at radius 2 is 2.06 bits per heavy atom. The fourth-order valence-electron chi connectivity index (χ4n) is 1.22. The molecule has 3 nitrogen and oxygen atoms in total. The first kappa shape index (κ1) is 13.4. The smallest absolute Gasteiger partial charge is 0.339 e. The number of halogens is 2. The van der Waals surface area contributed by atoms with Crippen molar-refractivity contribution in [3.63, 3.8) is 0 Å². The van der Waals surface area contributed by atoms with Crippen LogP contribution in [0.25, 0.3) is 0 Å². The number of hydrogen-bond acceptors (Lipinski definition) is 3. The Bertz CT molecular complexity index is 416. The van der Waals surface area contributed by atoms with E-state index in [2.05, 4.69) is 36.6 Å². The maximum Gasteiger partial charge on any atom is 0.339 e. The number of esters is 1. The second-order valence-electron chi connectivity index (χ2n) is 3.15. The lowest BCUT2D eigenvalue weighted by Crippen LogP contribution is -2.07. The molecule has 16 heavy (non-hydrogen) atoms. The maximum absolute atomic E-state index is 11.4. The van der Waals surface area contributed by atoms with Gasteiger partial charge in [-0.15, -0.1) is 0 Å². The number of benzene rings is 1. The summed E-state index contributed by atoms with van der Waals surface area (Å²) in [6.45, 7) is 0. The van der Waals surface area contributed by atoms with Gasteiger partial charge in [-0.3, -0.25) is 4.79 Å². The third-order valence-electron chi connectivity index (χ3n) is 1.99. The van der Waals surface area contributed by atoms with Crippen molar-refractivity contribution in [3.8, 4) is 0 Å². The van der Waals surface area contributed by atoms with Gasteiger partial charge in [0, 0.05) is 10.9 Å². The molecule has 0 radical (unpaired) electrons. The van der Waals surface area contributed by atoms with Gasteiger partial charge >= 0.3 is 5.97 Å². The summed E-state index contributed by atoms with van der Waals surface area (Å²) >= 11 is 6.36. The van der Waals surface area contributed by atoms with E-state index in [0.717, 1.165) is 5.56 Å². The monoisotopic (exact) mass is 348 g/mol. The second kappa shape index (κ2) is 6.15. The number of hydrogen-bond donors (Lipinski definition) is 0. The number of carbonyl (C=O) groups excluding carboxylic acids is 2. The Balaban J connectivity index is 2.98. The zero-order valence-electron chi connectivity index (χ0n) is 8.63. The predicted octanol–water partition coefficient (Wildman–Crippen LogP) is 2.74. The summed E-state index contributed by atoms with van der Waals surface area (Å²) in [6.07, 6.45) is 0.308. The molecule has 0 aliphatic carbocycles. The largest absolute Gasteiger partial charge is 0.465 e. The number of alkyl halides is 1. The van der Waals surface area contributed by atoms with Crippen LogP contribution in [0, 0.1) is 0 Å². The molecular weight excluding hydrogens is 340 g/mol. The molecule has 5 heteroatoms. The van der Waals surface area contributed by atoms with Crippen LogP contribution < -0.4 is 0 Å². The van der Waals surface area contributed by atoms with Crippen LogP contribution in [0.2, 0.25) is 0 Å². The van der Waals surface area contributed by atoms with E-state index in [1.807, 2.05) is 0 Å². The quantitative estimate of drug-likeness (QED) is 0.620. The minimum Gasteiger partial charge on any atom is -0.465 e. The van der Waals surface area contributed by atoms with Gasteiger partial charge in [-0.2, -0.15) is 0 Å². The highest BCUT2D eigenvalue weighted by Crippen LogP contribution is 2.19. The Morgan fingerprint density at radius 3 is 2.62 bits per heavy atom. The zero-order valence-corrected chi connectivity index (χ0v) is 11.8. The molecule has 0 atom stereocenters. The fourth-order valence-corrected chi connectivity index (χ4v) is 1.83. The summed E-state index contributed by atoms with van der Waals surface area (Å²) in [5.41, 5.74) is 1.23. The zero-order chi connectivity index (χ0) is 12.1. The number of ether oxygens (including phenoxy) is 1. The van der Waals surface area contributed by atoms with Crippen LogP contribution in [-0.4, -0.2) is 24.2 Å². The third kappa shape index (κ3) is 3.42. The molecule has 1 aromatic rings. The summed E-state index contributed by atoms with van der Waals surface area (Å²) < 4.78 is 5.30. The van der Waals surface area contributed by atoms with Crippen molar-refractivity contribution in [1.82, 2.24) is 0 Å². The van der Waals surface area contributed by atoms with Crippen LogP contribution in [0.3, 0.4) is 0 Å². The van der Waals surface area contributed by atoms with Gasteiger partial charge in [0.15, 0.2) is 0 Å². The molecule has 1 aromatic carbocycles. The molecule has 0 saturated heterocycles. The minimum absolute atomic E-state index is 0.0677. The van der Waals surface area contributed by atoms with Crippen molar-refractivity contribution in [1.29, 1.82) is 0 Å². The lowest BCUT2D eigenvalue weighted by molar-refractivity contribution is -0.115. The molecule has 0 saturated carbocycles. The number of ketones is 1. The van der Waals surface area contributed by atoms with E-state index in [4.69, 9.17) is 0 Å². The second-order valence-corrected chi connectivity index (χ2v) is 4.57. The van der Waals surface area contributed by atoms with Crippen molar-refractivity contribution >= 4 is 43.6 Å². The average molecular weight is 350 g/mol. The van der Waals surface area contributed by atoms with Crippen LogP contribution in [0.5, 0.6) is 0 Å². The van der Waals surface area contributed by atoms with Crippen LogP contribution in [0.15, 0.2) is 22.7 Å². The Morgan fingerprint density at radius 1 is 1.38 bits per heavy atom. The summed E-state index contributed by atoms with van der Waals surface area (Å²) in [6, 6.07) is 5.21. The van der Waals surface area contributed by atoms with E-state index in [9.17, 15) is 9.59 Å². The standard InChI is InChI=1S/C11H10Br2O3/c1-16-11(15)9-5-7(2-3-10(9)13)4-8(14)6-12/h2-3,5H,4,6H2,1H3. The number of carbonyl (C=O) groups is 2. The lowest BCUT2D eigenvalue weighted by atomic mass is 10.1. The molecule has 0 N–H and O–H groups in total. The van der Waals surface area contributed by atoms with Gasteiger partial charge in [0.05, 0.1) is 18.0 Å². The highest BCUT2D eigenvalue weighted by atomic mass is 79.9. The molecule has 0 spiro atoms. The normalized spacial score (nSPS) is 9.94. The van der Waals surface area contributed by atoms with Gasteiger partial charge < -0.3 is 4.74 Å². The first-order valence-electron chi connectivity index (χ1n) is 4.53. The van der Waals surface area contributed by atoms with E-state index in [1.165, 1.54) is 7.11 Å². The average Bonchev–Trinajstić information content (AvgIpc) is 2.30. The fraction of sp³-hybridized carbons (Fsp3) is 0.273. The van der Waals surface area contributed by atoms with Crippen LogP contribution >= 0.6 is 31.9 Å². The number of methoxy groups -OCH3 is 1. The first-order chi connectivity index (χ1) is 7.58. The molecule has 0 fully saturated rings. The van der Waals surface area contributed by atoms with Gasteiger partial charge in [0.25, 0.3) is 0 Å². The molecule has 0 bridgehead atoms. The Labute approximate surface area is 110 Å². The molecule has 0 unspecified atom stereocenters. The molecule has 0 heterocycles. The molecule has 1 rings (SSSR count). The van der Waals surface area contributed by atoms with Crippen molar-refractivity contribution in [2.75, 3.05) is 12.4 Å². The van der Waals surface area contributed by atoms with E-state index in [-0.39, 0.29) is 5.78 Å². The minimum atomic E-state index is -0.417. The van der Waals surface area contributed by atoms with Crippen molar-refractivity contribution in [3.05, 3.63) is 33.8 Å². The molecule has 0 aliphatic rings.